The first-order chi connectivity index (χ1) is 7.74. The Morgan fingerprint density at radius 3 is 3.06 bits per heavy atom. The van der Waals surface area contributed by atoms with Crippen LogP contribution in [0.25, 0.3) is 0 Å². The Kier molecular flexibility index (Phi) is 1.83. The van der Waals surface area contributed by atoms with Crippen LogP contribution in [0.2, 0.25) is 0 Å². The second-order valence-corrected chi connectivity index (χ2v) is 3.84. The maximum atomic E-state index is 11.4. The third-order valence-corrected chi connectivity index (χ3v) is 2.71. The van der Waals surface area contributed by atoms with Gasteiger partial charge in [-0.05, 0) is 18.2 Å². The molecule has 0 bridgehead atoms. The highest BCUT2D eigenvalue weighted by molar-refractivity contribution is 6.13. The van der Waals surface area contributed by atoms with Crippen molar-refractivity contribution in [2.24, 2.45) is 10.7 Å². The third kappa shape index (κ3) is 1.31. The number of ether oxygens (including phenoxy) is 1. The van der Waals surface area contributed by atoms with Gasteiger partial charge in [-0.15, -0.1) is 0 Å². The lowest BCUT2D eigenvalue weighted by molar-refractivity contribution is -0.116. The van der Waals surface area contributed by atoms with Gasteiger partial charge < -0.3 is 10.5 Å². The van der Waals surface area contributed by atoms with Gasteiger partial charge in [0.15, 0.2) is 5.78 Å². The number of Topliss-reactive ketones (excluding diaryl/α,β-unsaturated/α-hetero) is 1. The van der Waals surface area contributed by atoms with Crippen molar-refractivity contribution in [3.8, 4) is 5.75 Å². The molecule has 1 aliphatic carbocycles. The number of carbonyl (C=O) groups is 1. The van der Waals surface area contributed by atoms with Crippen molar-refractivity contribution in [1.82, 2.24) is 0 Å². The van der Waals surface area contributed by atoms with Crippen LogP contribution in [0.15, 0.2) is 41.0 Å². The van der Waals surface area contributed by atoms with Crippen LogP contribution in [0.1, 0.15) is 6.42 Å². The second kappa shape index (κ2) is 3.20. The van der Waals surface area contributed by atoms with Gasteiger partial charge in [0.2, 0.25) is 0 Å². The van der Waals surface area contributed by atoms with Gasteiger partial charge >= 0.3 is 0 Å². The van der Waals surface area contributed by atoms with Crippen molar-refractivity contribution in [3.05, 3.63) is 36.0 Å². The summed E-state index contributed by atoms with van der Waals surface area (Å²) in [6.45, 7) is 0. The third-order valence-electron chi connectivity index (χ3n) is 2.71. The number of allylic oxidation sites excluding steroid dienone is 1. The van der Waals surface area contributed by atoms with Gasteiger partial charge in [-0.1, -0.05) is 12.1 Å². The molecule has 0 spiro atoms. The molecule has 80 valence electrons. The van der Waals surface area contributed by atoms with Gasteiger partial charge in [0.25, 0.3) is 0 Å². The minimum atomic E-state index is -0.283. The van der Waals surface area contributed by atoms with E-state index in [0.29, 0.717) is 0 Å². The van der Waals surface area contributed by atoms with E-state index in [9.17, 15) is 4.79 Å². The molecule has 0 saturated carbocycles. The molecule has 1 atom stereocenters. The van der Waals surface area contributed by atoms with E-state index < -0.39 is 0 Å². The molecule has 2 aliphatic rings. The van der Waals surface area contributed by atoms with Gasteiger partial charge in [-0.3, -0.25) is 4.79 Å². The number of aliphatic imine (C=N–C) groups is 1. The molecule has 1 heterocycles. The molecule has 1 aromatic carbocycles. The molecule has 0 aromatic heterocycles. The summed E-state index contributed by atoms with van der Waals surface area (Å²) in [6, 6.07) is 7.50. The van der Waals surface area contributed by atoms with E-state index in [1.807, 2.05) is 24.3 Å². The Bertz CT molecular complexity index is 532. The molecule has 0 radical (unpaired) electrons. The number of para-hydroxylation sites is 2. The van der Waals surface area contributed by atoms with Crippen LogP contribution in [-0.4, -0.2) is 17.6 Å². The number of ketones is 1. The van der Waals surface area contributed by atoms with Crippen LogP contribution in [0, 0.1) is 0 Å². The lowest BCUT2D eigenvalue weighted by atomic mass is 9.97. The highest BCUT2D eigenvalue weighted by atomic mass is 16.5. The van der Waals surface area contributed by atoms with Crippen molar-refractivity contribution in [3.63, 3.8) is 0 Å². The summed E-state index contributed by atoms with van der Waals surface area (Å²) in [6.07, 6.45) is 1.59. The maximum absolute atomic E-state index is 11.4. The van der Waals surface area contributed by atoms with E-state index in [1.165, 1.54) is 0 Å². The number of nitrogens with zero attached hydrogens (tertiary/aromatic N) is 1. The Balaban J connectivity index is 2.10. The van der Waals surface area contributed by atoms with Crippen LogP contribution in [-0.2, 0) is 4.79 Å². The summed E-state index contributed by atoms with van der Waals surface area (Å²) in [7, 11) is 0. The fraction of sp³-hybridized carbons (Fsp3) is 0.167. The van der Waals surface area contributed by atoms with E-state index >= 15 is 0 Å². The lowest BCUT2D eigenvalue weighted by Crippen LogP contribution is -2.37. The topological polar surface area (TPSA) is 64.7 Å². The first kappa shape index (κ1) is 9.15. The predicted octanol–water partition coefficient (Wildman–Crippen LogP) is 1.34. The Hall–Kier alpha value is -2.10. The van der Waals surface area contributed by atoms with Crippen LogP contribution in [0.3, 0.4) is 0 Å². The van der Waals surface area contributed by atoms with Gasteiger partial charge in [0.1, 0.15) is 17.5 Å². The van der Waals surface area contributed by atoms with E-state index in [2.05, 4.69) is 4.99 Å². The van der Waals surface area contributed by atoms with Gasteiger partial charge in [0.05, 0.1) is 17.8 Å². The number of hydrogen-bond acceptors (Lipinski definition) is 4. The highest BCUT2D eigenvalue weighted by Gasteiger charge is 2.30. The normalized spacial score (nSPS) is 22.5. The summed E-state index contributed by atoms with van der Waals surface area (Å²) in [5.41, 5.74) is 7.36. The molecular formula is C12H10N2O2. The molecule has 16 heavy (non-hydrogen) atoms. The molecule has 3 rings (SSSR count). The lowest BCUT2D eigenvalue weighted by Gasteiger charge is -2.27. The van der Waals surface area contributed by atoms with Crippen LogP contribution in [0.4, 0.5) is 5.69 Å². The number of rotatable bonds is 0. The minimum absolute atomic E-state index is 0.0802. The van der Waals surface area contributed by atoms with E-state index in [4.69, 9.17) is 10.5 Å². The average Bonchev–Trinajstić information content (AvgIpc) is 2.28. The number of hydrogen-bond donors (Lipinski definition) is 1. The Morgan fingerprint density at radius 2 is 2.19 bits per heavy atom. The Morgan fingerprint density at radius 1 is 1.38 bits per heavy atom. The van der Waals surface area contributed by atoms with Gasteiger partial charge in [-0.25, -0.2) is 4.99 Å². The summed E-state index contributed by atoms with van der Waals surface area (Å²) >= 11 is 0. The largest absolute Gasteiger partial charge is 0.481 e. The second-order valence-electron chi connectivity index (χ2n) is 3.84. The maximum Gasteiger partial charge on any atom is 0.182 e. The molecule has 2 N–H and O–H groups in total. The molecule has 1 aromatic rings. The summed E-state index contributed by atoms with van der Waals surface area (Å²) in [5.74, 6) is 0.640. The first-order valence-electron chi connectivity index (χ1n) is 5.09. The van der Waals surface area contributed by atoms with Crippen molar-refractivity contribution < 1.29 is 9.53 Å². The van der Waals surface area contributed by atoms with Crippen LogP contribution >= 0.6 is 0 Å². The van der Waals surface area contributed by atoms with Gasteiger partial charge in [-0.2, -0.15) is 0 Å². The van der Waals surface area contributed by atoms with Gasteiger partial charge in [0, 0.05) is 0 Å². The SMILES string of the molecule is NC1=CC2=Nc3ccccc3OC2CC1=O. The zero-order chi connectivity index (χ0) is 11.1. The molecule has 4 heteroatoms. The summed E-state index contributed by atoms with van der Waals surface area (Å²) < 4.78 is 5.70. The van der Waals surface area contributed by atoms with E-state index in [0.717, 1.165) is 17.1 Å². The number of nitrogens with two attached hydrogens (primary N) is 1. The smallest absolute Gasteiger partial charge is 0.182 e. The minimum Gasteiger partial charge on any atom is -0.481 e. The zero-order valence-electron chi connectivity index (χ0n) is 8.51. The van der Waals surface area contributed by atoms with Crippen molar-refractivity contribution >= 4 is 17.2 Å². The molecule has 4 nitrogen and oxygen atoms in total. The molecule has 0 fully saturated rings. The summed E-state index contributed by atoms with van der Waals surface area (Å²) in [5, 5.41) is 0. The first-order valence-corrected chi connectivity index (χ1v) is 5.09. The average molecular weight is 214 g/mol. The Labute approximate surface area is 92.4 Å². The quantitative estimate of drug-likeness (QED) is 0.708. The fourth-order valence-corrected chi connectivity index (χ4v) is 1.87. The molecular weight excluding hydrogens is 204 g/mol. The monoisotopic (exact) mass is 214 g/mol. The molecule has 0 saturated heterocycles. The predicted molar refractivity (Wildman–Crippen MR) is 59.8 cm³/mol. The van der Waals surface area contributed by atoms with E-state index in [1.54, 1.807) is 6.08 Å². The highest BCUT2D eigenvalue weighted by Crippen LogP contribution is 2.34. The molecule has 1 unspecified atom stereocenters. The standard InChI is InChI=1S/C12H10N2O2/c13-7-5-9-12(6-10(7)15)16-11-4-2-1-3-8(11)14-9/h1-5,12H,6,13H2. The van der Waals surface area contributed by atoms with Crippen LogP contribution in [0.5, 0.6) is 5.75 Å². The number of carbonyl (C=O) groups excluding carboxylic acids is 1. The van der Waals surface area contributed by atoms with Crippen molar-refractivity contribution in [2.45, 2.75) is 12.5 Å². The van der Waals surface area contributed by atoms with Crippen molar-refractivity contribution in [1.29, 1.82) is 0 Å². The number of benzene rings is 1. The van der Waals surface area contributed by atoms with Crippen LogP contribution < -0.4 is 10.5 Å². The van der Waals surface area contributed by atoms with E-state index in [-0.39, 0.29) is 24.0 Å². The zero-order valence-corrected chi connectivity index (χ0v) is 8.51. The number of fused-ring (bicyclic) bond motifs is 2. The molecule has 0 amide bonds. The van der Waals surface area contributed by atoms with Crippen molar-refractivity contribution in [2.75, 3.05) is 0 Å². The summed E-state index contributed by atoms with van der Waals surface area (Å²) in [4.78, 5) is 15.9. The molecule has 1 aliphatic heterocycles. The fourth-order valence-electron chi connectivity index (χ4n) is 1.87.